The minimum Gasteiger partial charge on any atom is -0.368 e. The summed E-state index contributed by atoms with van der Waals surface area (Å²) in [4.78, 5) is 14.1. The molecule has 0 aromatic carbocycles. The third-order valence-corrected chi connectivity index (χ3v) is 1.82. The molecule has 0 aliphatic rings. The fourth-order valence-corrected chi connectivity index (χ4v) is 1.00. The topological polar surface area (TPSA) is 80.0 Å². The smallest absolute Gasteiger partial charge is 0.231 e. The molecule has 6 nitrogen and oxygen atoms in total. The van der Waals surface area contributed by atoms with Gasteiger partial charge in [-0.05, 0) is 5.41 Å². The summed E-state index contributed by atoms with van der Waals surface area (Å²) < 4.78 is 0. The maximum Gasteiger partial charge on any atom is 0.231 e. The van der Waals surface area contributed by atoms with E-state index in [0.717, 1.165) is 6.54 Å². The van der Waals surface area contributed by atoms with Crippen LogP contribution in [0, 0.1) is 5.41 Å². The van der Waals surface area contributed by atoms with Gasteiger partial charge in [-0.1, -0.05) is 20.8 Å². The minimum atomic E-state index is 0.166. The maximum atomic E-state index is 5.61. The highest BCUT2D eigenvalue weighted by atomic mass is 15.3. The summed E-state index contributed by atoms with van der Waals surface area (Å²) in [5.41, 5.74) is 5.77. The average molecular weight is 224 g/mol. The zero-order chi connectivity index (χ0) is 12.3. The molecule has 0 saturated carbocycles. The second-order valence-electron chi connectivity index (χ2n) is 5.13. The second-order valence-corrected chi connectivity index (χ2v) is 5.13. The van der Waals surface area contributed by atoms with E-state index < -0.39 is 0 Å². The van der Waals surface area contributed by atoms with E-state index in [1.54, 1.807) is 4.90 Å². The quantitative estimate of drug-likeness (QED) is 0.796. The Balaban J connectivity index is 2.81. The molecule has 0 aliphatic heterocycles. The lowest BCUT2D eigenvalue weighted by Crippen LogP contribution is -2.22. The molecular weight excluding hydrogens is 204 g/mol. The Bertz CT molecular complexity index is 355. The van der Waals surface area contributed by atoms with Crippen molar-refractivity contribution in [3.8, 4) is 0 Å². The summed E-state index contributed by atoms with van der Waals surface area (Å²) in [5, 5.41) is 3.15. The average Bonchev–Trinajstić information content (AvgIpc) is 2.13. The van der Waals surface area contributed by atoms with Gasteiger partial charge in [0.15, 0.2) is 0 Å². The van der Waals surface area contributed by atoms with Gasteiger partial charge in [0, 0.05) is 20.6 Å². The van der Waals surface area contributed by atoms with Crippen LogP contribution >= 0.6 is 0 Å². The molecule has 1 rings (SSSR count). The Kier molecular flexibility index (Phi) is 3.51. The number of rotatable bonds is 3. The first kappa shape index (κ1) is 12.5. The van der Waals surface area contributed by atoms with E-state index in [1.165, 1.54) is 0 Å². The standard InChI is InChI=1S/C10H20N6/c1-10(2,3)6-12-8-13-7(11)14-9(15-8)16(4)5/h6H2,1-5H3,(H3,11,12,13,14,15). The number of hydrogen-bond acceptors (Lipinski definition) is 6. The van der Waals surface area contributed by atoms with Gasteiger partial charge in [0.1, 0.15) is 0 Å². The lowest BCUT2D eigenvalue weighted by atomic mass is 9.97. The van der Waals surface area contributed by atoms with Crippen LogP contribution in [0.25, 0.3) is 0 Å². The molecule has 3 N–H and O–H groups in total. The van der Waals surface area contributed by atoms with E-state index in [-0.39, 0.29) is 11.4 Å². The van der Waals surface area contributed by atoms with E-state index in [2.05, 4.69) is 41.0 Å². The number of nitrogens with two attached hydrogens (primary N) is 1. The largest absolute Gasteiger partial charge is 0.368 e. The maximum absolute atomic E-state index is 5.61. The van der Waals surface area contributed by atoms with E-state index in [4.69, 9.17) is 5.73 Å². The summed E-state index contributed by atoms with van der Waals surface area (Å²) in [5.74, 6) is 1.31. The summed E-state index contributed by atoms with van der Waals surface area (Å²) in [6, 6.07) is 0. The van der Waals surface area contributed by atoms with Crippen LogP contribution in [-0.4, -0.2) is 35.6 Å². The number of nitrogen functional groups attached to an aromatic ring is 1. The molecule has 0 aliphatic carbocycles. The zero-order valence-electron chi connectivity index (χ0n) is 10.6. The lowest BCUT2D eigenvalue weighted by Gasteiger charge is -2.19. The van der Waals surface area contributed by atoms with Crippen molar-refractivity contribution >= 4 is 17.8 Å². The summed E-state index contributed by atoms with van der Waals surface area (Å²) in [7, 11) is 3.73. The van der Waals surface area contributed by atoms with Crippen molar-refractivity contribution in [2.24, 2.45) is 5.41 Å². The number of anilines is 3. The molecule has 1 aromatic rings. The number of nitrogens with zero attached hydrogens (tertiary/aromatic N) is 4. The third-order valence-electron chi connectivity index (χ3n) is 1.82. The highest BCUT2D eigenvalue weighted by Gasteiger charge is 2.12. The van der Waals surface area contributed by atoms with E-state index >= 15 is 0 Å². The number of aromatic nitrogens is 3. The van der Waals surface area contributed by atoms with Crippen LogP contribution < -0.4 is 16.0 Å². The molecule has 16 heavy (non-hydrogen) atoms. The highest BCUT2D eigenvalue weighted by molar-refractivity contribution is 5.40. The molecule has 90 valence electrons. The van der Waals surface area contributed by atoms with Crippen LogP contribution in [0.2, 0.25) is 0 Å². The number of hydrogen-bond donors (Lipinski definition) is 2. The van der Waals surface area contributed by atoms with Crippen molar-refractivity contribution in [2.45, 2.75) is 20.8 Å². The second kappa shape index (κ2) is 4.51. The molecule has 0 unspecified atom stereocenters. The Morgan fingerprint density at radius 1 is 1.19 bits per heavy atom. The van der Waals surface area contributed by atoms with Gasteiger partial charge >= 0.3 is 0 Å². The molecule has 0 spiro atoms. The molecule has 0 bridgehead atoms. The first-order chi connectivity index (χ1) is 7.28. The first-order valence-electron chi connectivity index (χ1n) is 5.21. The molecule has 0 radical (unpaired) electrons. The normalized spacial score (nSPS) is 11.3. The Hall–Kier alpha value is -1.59. The van der Waals surface area contributed by atoms with Gasteiger partial charge in [-0.25, -0.2) is 0 Å². The fourth-order valence-electron chi connectivity index (χ4n) is 1.00. The minimum absolute atomic E-state index is 0.166. The molecule has 1 heterocycles. The molecular formula is C10H20N6. The van der Waals surface area contributed by atoms with Crippen LogP contribution in [0.5, 0.6) is 0 Å². The Morgan fingerprint density at radius 2 is 1.81 bits per heavy atom. The van der Waals surface area contributed by atoms with E-state index in [9.17, 15) is 0 Å². The van der Waals surface area contributed by atoms with Crippen LogP contribution in [0.1, 0.15) is 20.8 Å². The van der Waals surface area contributed by atoms with Gasteiger partial charge in [-0.2, -0.15) is 15.0 Å². The SMILES string of the molecule is CN(C)c1nc(N)nc(NCC(C)(C)C)n1. The monoisotopic (exact) mass is 224 g/mol. The summed E-state index contributed by atoms with van der Waals surface area (Å²) >= 11 is 0. The van der Waals surface area contributed by atoms with Gasteiger partial charge in [0.05, 0.1) is 0 Å². The van der Waals surface area contributed by atoms with Gasteiger partial charge in [-0.15, -0.1) is 0 Å². The summed E-state index contributed by atoms with van der Waals surface area (Å²) in [6.07, 6.45) is 0. The predicted octanol–water partition coefficient (Wildman–Crippen LogP) is 0.978. The summed E-state index contributed by atoms with van der Waals surface area (Å²) in [6.45, 7) is 7.19. The third kappa shape index (κ3) is 3.88. The lowest BCUT2D eigenvalue weighted by molar-refractivity contribution is 0.441. The van der Waals surface area contributed by atoms with Crippen molar-refractivity contribution < 1.29 is 0 Å². The van der Waals surface area contributed by atoms with Gasteiger partial charge in [0.25, 0.3) is 0 Å². The van der Waals surface area contributed by atoms with Gasteiger partial charge in [-0.3, -0.25) is 0 Å². The van der Waals surface area contributed by atoms with Crippen molar-refractivity contribution in [1.29, 1.82) is 0 Å². The van der Waals surface area contributed by atoms with Crippen LogP contribution in [-0.2, 0) is 0 Å². The zero-order valence-corrected chi connectivity index (χ0v) is 10.6. The Labute approximate surface area is 96.3 Å². The number of nitrogens with one attached hydrogen (secondary N) is 1. The molecule has 0 amide bonds. The van der Waals surface area contributed by atoms with Crippen molar-refractivity contribution in [2.75, 3.05) is 36.6 Å². The molecule has 0 saturated heterocycles. The van der Waals surface area contributed by atoms with Crippen molar-refractivity contribution in [3.63, 3.8) is 0 Å². The van der Waals surface area contributed by atoms with Crippen molar-refractivity contribution in [1.82, 2.24) is 15.0 Å². The van der Waals surface area contributed by atoms with E-state index in [1.807, 2.05) is 14.1 Å². The Morgan fingerprint density at radius 3 is 2.31 bits per heavy atom. The molecule has 0 fully saturated rings. The fraction of sp³-hybridized carbons (Fsp3) is 0.700. The van der Waals surface area contributed by atoms with Gasteiger partial charge < -0.3 is 16.0 Å². The van der Waals surface area contributed by atoms with Crippen LogP contribution in [0.4, 0.5) is 17.8 Å². The highest BCUT2D eigenvalue weighted by Crippen LogP contribution is 2.14. The predicted molar refractivity (Wildman–Crippen MR) is 66.5 cm³/mol. The van der Waals surface area contributed by atoms with Gasteiger partial charge in [0.2, 0.25) is 17.8 Å². The first-order valence-corrected chi connectivity index (χ1v) is 5.21. The van der Waals surface area contributed by atoms with E-state index in [0.29, 0.717) is 11.9 Å². The molecule has 6 heteroatoms. The van der Waals surface area contributed by atoms with Crippen molar-refractivity contribution in [3.05, 3.63) is 0 Å². The van der Waals surface area contributed by atoms with Crippen LogP contribution in [0.15, 0.2) is 0 Å². The van der Waals surface area contributed by atoms with Crippen LogP contribution in [0.3, 0.4) is 0 Å². The molecule has 0 atom stereocenters. The molecule has 1 aromatic heterocycles.